The molecule has 1 aromatic carbocycles. The first-order chi connectivity index (χ1) is 10.9. The van der Waals surface area contributed by atoms with Crippen LogP contribution in [-0.4, -0.2) is 18.7 Å². The summed E-state index contributed by atoms with van der Waals surface area (Å²) in [6.07, 6.45) is -1.51. The second-order valence-electron chi connectivity index (χ2n) is 5.73. The van der Waals surface area contributed by atoms with Gasteiger partial charge in [0.05, 0.1) is 30.8 Å². The molecule has 1 aromatic rings. The number of carbonyl (C=O) groups excluding carboxylic acids is 1. The molecule has 1 aliphatic rings. The average molecular weight is 330 g/mol. The van der Waals surface area contributed by atoms with Gasteiger partial charge in [0.25, 0.3) is 0 Å². The molecule has 128 valence electrons. The molecule has 0 radical (unpaired) electrons. The van der Waals surface area contributed by atoms with Crippen LogP contribution in [0.2, 0.25) is 0 Å². The highest BCUT2D eigenvalue weighted by atomic mass is 19.4. The van der Waals surface area contributed by atoms with E-state index in [1.54, 1.807) is 13.0 Å². The molecule has 0 atom stereocenters. The molecule has 0 heterocycles. The molecule has 0 amide bonds. The molecule has 0 spiro atoms. The van der Waals surface area contributed by atoms with E-state index in [4.69, 9.17) is 9.47 Å². The summed E-state index contributed by atoms with van der Waals surface area (Å²) in [5.74, 6) is -0.243. The van der Waals surface area contributed by atoms with Crippen LogP contribution in [-0.2, 0) is 27.1 Å². The van der Waals surface area contributed by atoms with Crippen LogP contribution in [0.1, 0.15) is 43.7 Å². The topological polar surface area (TPSA) is 35.5 Å². The predicted octanol–water partition coefficient (Wildman–Crippen LogP) is 4.34. The molecule has 6 heteroatoms. The van der Waals surface area contributed by atoms with E-state index in [0.29, 0.717) is 25.0 Å². The maximum atomic E-state index is 12.7. The summed E-state index contributed by atoms with van der Waals surface area (Å²) in [5.41, 5.74) is -0.156. The summed E-state index contributed by atoms with van der Waals surface area (Å²) < 4.78 is 48.7. The van der Waals surface area contributed by atoms with Crippen molar-refractivity contribution in [1.82, 2.24) is 0 Å². The lowest BCUT2D eigenvalue weighted by atomic mass is 9.87. The molecule has 1 aliphatic carbocycles. The minimum Gasteiger partial charge on any atom is -0.466 e. The number of halogens is 3. The quantitative estimate of drug-likeness (QED) is 0.753. The molecule has 0 saturated heterocycles. The Labute approximate surface area is 133 Å². The fourth-order valence-electron chi connectivity index (χ4n) is 2.78. The second kappa shape index (κ2) is 7.81. The van der Waals surface area contributed by atoms with Gasteiger partial charge in [-0.25, -0.2) is 0 Å². The van der Waals surface area contributed by atoms with E-state index in [1.807, 2.05) is 0 Å². The standard InChI is InChI=1S/C17H21F3O3/c1-2-22-16(21)13-6-8-15(9-7-13)23-11-12-4-3-5-14(10-12)17(18,19)20/h3-5,10,13,15H,2,6-9,11H2,1H3. The average Bonchev–Trinajstić information content (AvgIpc) is 2.53. The molecule has 3 nitrogen and oxygen atoms in total. The zero-order chi connectivity index (χ0) is 16.9. The maximum Gasteiger partial charge on any atom is 0.416 e. The van der Waals surface area contributed by atoms with E-state index < -0.39 is 11.7 Å². The summed E-state index contributed by atoms with van der Waals surface area (Å²) in [4.78, 5) is 11.6. The molecule has 23 heavy (non-hydrogen) atoms. The first-order valence-electron chi connectivity index (χ1n) is 7.84. The minimum absolute atomic E-state index is 0.0183. The lowest BCUT2D eigenvalue weighted by Crippen LogP contribution is -2.27. The van der Waals surface area contributed by atoms with E-state index in [2.05, 4.69) is 0 Å². The monoisotopic (exact) mass is 330 g/mol. The minimum atomic E-state index is -4.34. The van der Waals surface area contributed by atoms with Crippen molar-refractivity contribution in [2.75, 3.05) is 6.61 Å². The summed E-state index contributed by atoms with van der Waals surface area (Å²) >= 11 is 0. The Morgan fingerprint density at radius 1 is 1.22 bits per heavy atom. The van der Waals surface area contributed by atoms with E-state index in [9.17, 15) is 18.0 Å². The van der Waals surface area contributed by atoms with Crippen molar-refractivity contribution in [3.63, 3.8) is 0 Å². The highest BCUT2D eigenvalue weighted by Gasteiger charge is 2.31. The molecule has 0 aromatic heterocycles. The first-order valence-corrected chi connectivity index (χ1v) is 7.84. The Bertz CT molecular complexity index is 520. The van der Waals surface area contributed by atoms with Crippen molar-refractivity contribution in [3.05, 3.63) is 35.4 Å². The van der Waals surface area contributed by atoms with Crippen LogP contribution in [0.5, 0.6) is 0 Å². The molecule has 2 rings (SSSR count). The molecular weight excluding hydrogens is 309 g/mol. The number of hydrogen-bond donors (Lipinski definition) is 0. The van der Waals surface area contributed by atoms with Crippen molar-refractivity contribution < 1.29 is 27.4 Å². The number of carbonyl (C=O) groups is 1. The van der Waals surface area contributed by atoms with Crippen molar-refractivity contribution >= 4 is 5.97 Å². The van der Waals surface area contributed by atoms with Crippen LogP contribution in [0, 0.1) is 5.92 Å². The van der Waals surface area contributed by atoms with Crippen LogP contribution in [0.15, 0.2) is 24.3 Å². The van der Waals surface area contributed by atoms with Gasteiger partial charge in [-0.3, -0.25) is 4.79 Å². The van der Waals surface area contributed by atoms with Crippen molar-refractivity contribution in [1.29, 1.82) is 0 Å². The lowest BCUT2D eigenvalue weighted by molar-refractivity contribution is -0.150. The molecule has 0 aliphatic heterocycles. The Morgan fingerprint density at radius 3 is 2.52 bits per heavy atom. The van der Waals surface area contributed by atoms with Crippen molar-refractivity contribution in [2.24, 2.45) is 5.92 Å². The van der Waals surface area contributed by atoms with Crippen molar-refractivity contribution in [2.45, 2.75) is 51.5 Å². The Morgan fingerprint density at radius 2 is 1.91 bits per heavy atom. The number of ether oxygens (including phenoxy) is 2. The molecular formula is C17H21F3O3. The highest BCUT2D eigenvalue weighted by Crippen LogP contribution is 2.31. The third kappa shape index (κ3) is 5.23. The second-order valence-corrected chi connectivity index (χ2v) is 5.73. The fourth-order valence-corrected chi connectivity index (χ4v) is 2.78. The number of rotatable bonds is 5. The number of alkyl halides is 3. The summed E-state index contributed by atoms with van der Waals surface area (Å²) in [5, 5.41) is 0. The molecule has 0 bridgehead atoms. The van der Waals surface area contributed by atoms with Gasteiger partial charge in [0.15, 0.2) is 0 Å². The van der Waals surface area contributed by atoms with Crippen LogP contribution in [0.25, 0.3) is 0 Å². The fraction of sp³-hybridized carbons (Fsp3) is 0.588. The number of benzene rings is 1. The third-order valence-corrected chi connectivity index (χ3v) is 4.03. The van der Waals surface area contributed by atoms with E-state index in [-0.39, 0.29) is 24.6 Å². The third-order valence-electron chi connectivity index (χ3n) is 4.03. The summed E-state index contributed by atoms with van der Waals surface area (Å²) in [7, 11) is 0. The lowest BCUT2D eigenvalue weighted by Gasteiger charge is -2.27. The van der Waals surface area contributed by atoms with Crippen LogP contribution < -0.4 is 0 Å². The van der Waals surface area contributed by atoms with Gasteiger partial charge in [-0.15, -0.1) is 0 Å². The molecule has 1 fully saturated rings. The highest BCUT2D eigenvalue weighted by molar-refractivity contribution is 5.72. The van der Waals surface area contributed by atoms with Crippen LogP contribution in [0.4, 0.5) is 13.2 Å². The first kappa shape index (κ1) is 17.8. The van der Waals surface area contributed by atoms with Gasteiger partial charge < -0.3 is 9.47 Å². The van der Waals surface area contributed by atoms with E-state index in [0.717, 1.165) is 25.0 Å². The molecule has 1 saturated carbocycles. The number of hydrogen-bond acceptors (Lipinski definition) is 3. The van der Waals surface area contributed by atoms with Gasteiger partial charge >= 0.3 is 12.1 Å². The predicted molar refractivity (Wildman–Crippen MR) is 78.6 cm³/mol. The molecule has 0 N–H and O–H groups in total. The smallest absolute Gasteiger partial charge is 0.416 e. The van der Waals surface area contributed by atoms with Crippen molar-refractivity contribution in [3.8, 4) is 0 Å². The van der Waals surface area contributed by atoms with E-state index in [1.165, 1.54) is 6.07 Å². The number of esters is 1. The Balaban J connectivity index is 1.81. The van der Waals surface area contributed by atoms with Gasteiger partial charge in [0.1, 0.15) is 0 Å². The summed E-state index contributed by atoms with van der Waals surface area (Å²) in [6, 6.07) is 5.18. The van der Waals surface area contributed by atoms with Crippen LogP contribution in [0.3, 0.4) is 0 Å². The van der Waals surface area contributed by atoms with E-state index >= 15 is 0 Å². The SMILES string of the molecule is CCOC(=O)C1CCC(OCc2cccc(C(F)(F)F)c2)CC1. The van der Waals surface area contributed by atoms with Gasteiger partial charge in [-0.2, -0.15) is 13.2 Å². The Hall–Kier alpha value is -1.56. The summed E-state index contributed by atoms with van der Waals surface area (Å²) in [6.45, 7) is 2.31. The largest absolute Gasteiger partial charge is 0.466 e. The Kier molecular flexibility index (Phi) is 6.04. The zero-order valence-corrected chi connectivity index (χ0v) is 13.1. The zero-order valence-electron chi connectivity index (χ0n) is 13.1. The van der Waals surface area contributed by atoms with Gasteiger partial charge in [0, 0.05) is 0 Å². The van der Waals surface area contributed by atoms with Gasteiger partial charge in [-0.1, -0.05) is 12.1 Å². The van der Waals surface area contributed by atoms with Gasteiger partial charge in [-0.05, 0) is 50.3 Å². The normalized spacial score (nSPS) is 21.9. The maximum absolute atomic E-state index is 12.7. The molecule has 0 unspecified atom stereocenters. The van der Waals surface area contributed by atoms with Crippen LogP contribution >= 0.6 is 0 Å². The van der Waals surface area contributed by atoms with Gasteiger partial charge in [0.2, 0.25) is 0 Å².